The van der Waals surface area contributed by atoms with Crippen molar-refractivity contribution in [2.24, 2.45) is 13.0 Å². The summed E-state index contributed by atoms with van der Waals surface area (Å²) in [6, 6.07) is 20.0. The van der Waals surface area contributed by atoms with Gasteiger partial charge in [0.2, 0.25) is 0 Å². The van der Waals surface area contributed by atoms with Crippen molar-refractivity contribution in [2.45, 2.75) is 39.8 Å². The lowest BCUT2D eigenvalue weighted by Crippen LogP contribution is -2.39. The van der Waals surface area contributed by atoms with Crippen LogP contribution in [0.15, 0.2) is 78.5 Å². The van der Waals surface area contributed by atoms with E-state index in [0.29, 0.717) is 11.4 Å². The minimum absolute atomic E-state index is 0.0666. The maximum absolute atomic E-state index is 14.3. The van der Waals surface area contributed by atoms with E-state index >= 15 is 0 Å². The summed E-state index contributed by atoms with van der Waals surface area (Å²) in [6.45, 7) is 3.51. The summed E-state index contributed by atoms with van der Waals surface area (Å²) in [4.78, 5) is 3.59. The van der Waals surface area contributed by atoms with Crippen molar-refractivity contribution in [3.05, 3.63) is 95.4 Å². The molecule has 0 spiro atoms. The number of hydrogen-bond donors (Lipinski definition) is 0. The monoisotopic (exact) mass is 518 g/mol. The normalized spacial score (nSPS) is 15.5. The molecule has 38 heavy (non-hydrogen) atoms. The first-order chi connectivity index (χ1) is 18.4. The molecule has 0 unspecified atom stereocenters. The van der Waals surface area contributed by atoms with Crippen LogP contribution in [0.5, 0.6) is 0 Å². The Morgan fingerprint density at radius 3 is 2.47 bits per heavy atom. The van der Waals surface area contributed by atoms with Crippen molar-refractivity contribution in [3.8, 4) is 11.3 Å². The number of rotatable bonds is 7. The van der Waals surface area contributed by atoms with E-state index in [4.69, 9.17) is 5.10 Å². The van der Waals surface area contributed by atoms with Gasteiger partial charge in [-0.2, -0.15) is 13.9 Å². The Morgan fingerprint density at radius 2 is 1.79 bits per heavy atom. The van der Waals surface area contributed by atoms with Crippen molar-refractivity contribution in [2.75, 3.05) is 18.0 Å². The number of anilines is 1. The van der Waals surface area contributed by atoms with E-state index in [1.807, 2.05) is 68.1 Å². The molecule has 198 valence electrons. The van der Waals surface area contributed by atoms with E-state index < -0.39 is 6.55 Å². The Bertz CT molecular complexity index is 1450. The smallest absolute Gasteiger partial charge is 0.299 e. The molecule has 0 bridgehead atoms. The molecule has 1 fully saturated rings. The second-order valence-corrected chi connectivity index (χ2v) is 9.99. The zero-order valence-electron chi connectivity index (χ0n) is 22.0. The van der Waals surface area contributed by atoms with Gasteiger partial charge in [0.1, 0.15) is 11.5 Å². The predicted molar refractivity (Wildman–Crippen MR) is 148 cm³/mol. The van der Waals surface area contributed by atoms with Crippen molar-refractivity contribution < 1.29 is 13.2 Å². The predicted octanol–water partition coefficient (Wildman–Crippen LogP) is 7.53. The Morgan fingerprint density at radius 1 is 1.05 bits per heavy atom. The van der Waals surface area contributed by atoms with Gasteiger partial charge in [0.15, 0.2) is 0 Å². The zero-order valence-corrected chi connectivity index (χ0v) is 22.0. The lowest BCUT2D eigenvalue weighted by Gasteiger charge is -2.38. The number of likely N-dealkylation sites (tertiary alicyclic amines) is 1. The summed E-state index contributed by atoms with van der Waals surface area (Å²) in [7, 11) is 1.92. The number of aromatic nitrogens is 2. The van der Waals surface area contributed by atoms with E-state index in [-0.39, 0.29) is 11.7 Å². The lowest BCUT2D eigenvalue weighted by molar-refractivity contribution is 0.138. The third-order valence-corrected chi connectivity index (χ3v) is 7.59. The van der Waals surface area contributed by atoms with Crippen LogP contribution in [-0.2, 0) is 13.6 Å². The maximum Gasteiger partial charge on any atom is 0.319 e. The Balaban J connectivity index is 1.33. The molecule has 0 radical (unpaired) electrons. The number of fused-ring (bicyclic) bond motifs is 1. The maximum atomic E-state index is 14.3. The molecule has 2 heterocycles. The molecule has 3 aromatic carbocycles. The molecule has 1 aliphatic rings. The fourth-order valence-corrected chi connectivity index (χ4v) is 5.78. The average molecular weight is 519 g/mol. The molecule has 7 heteroatoms. The van der Waals surface area contributed by atoms with Crippen LogP contribution in [0.25, 0.3) is 22.2 Å². The number of benzene rings is 3. The first-order valence-electron chi connectivity index (χ1n) is 13.1. The summed E-state index contributed by atoms with van der Waals surface area (Å²) < 4.78 is 44.4. The lowest BCUT2D eigenvalue weighted by atomic mass is 9.91. The fraction of sp³-hybridized carbons (Fsp3) is 0.323. The molecule has 0 aliphatic carbocycles. The van der Waals surface area contributed by atoms with Crippen LogP contribution in [0.2, 0.25) is 0 Å². The second kappa shape index (κ2) is 11.0. The van der Waals surface area contributed by atoms with Crippen molar-refractivity contribution in [1.29, 1.82) is 0 Å². The minimum atomic E-state index is -2.60. The summed E-state index contributed by atoms with van der Waals surface area (Å²) >= 11 is 0. The van der Waals surface area contributed by atoms with Gasteiger partial charge in [0.25, 0.3) is 0 Å². The Labute approximate surface area is 222 Å². The van der Waals surface area contributed by atoms with Crippen molar-refractivity contribution in [3.63, 3.8) is 0 Å². The highest BCUT2D eigenvalue weighted by molar-refractivity contribution is 5.95. The largest absolute Gasteiger partial charge is 0.319 e. The van der Waals surface area contributed by atoms with Crippen LogP contribution in [0.3, 0.4) is 0 Å². The molecule has 0 N–H and O–H groups in total. The third kappa shape index (κ3) is 5.07. The average Bonchev–Trinajstić information content (AvgIpc) is 3.25. The molecule has 0 saturated carbocycles. The summed E-state index contributed by atoms with van der Waals surface area (Å²) in [5, 5.41) is 5.71. The van der Waals surface area contributed by atoms with Gasteiger partial charge in [-0.25, -0.2) is 4.39 Å². The van der Waals surface area contributed by atoms with E-state index in [1.165, 1.54) is 17.0 Å². The molecule has 1 saturated heterocycles. The van der Waals surface area contributed by atoms with Crippen molar-refractivity contribution >= 4 is 16.6 Å². The highest BCUT2D eigenvalue weighted by atomic mass is 19.3. The third-order valence-electron chi connectivity index (χ3n) is 7.59. The van der Waals surface area contributed by atoms with Crippen LogP contribution < -0.4 is 4.90 Å². The van der Waals surface area contributed by atoms with E-state index in [0.717, 1.165) is 65.8 Å². The molecule has 4 nitrogen and oxygen atoms in total. The molecular formula is C31H33F3N4. The van der Waals surface area contributed by atoms with E-state index in [9.17, 15) is 13.2 Å². The molecular weight excluding hydrogens is 485 g/mol. The number of alkyl halides is 2. The summed E-state index contributed by atoms with van der Waals surface area (Å²) in [5.41, 5.74) is 5.81. The highest BCUT2D eigenvalue weighted by Crippen LogP contribution is 2.36. The first kappa shape index (κ1) is 26.0. The van der Waals surface area contributed by atoms with Gasteiger partial charge in [-0.15, -0.1) is 0 Å². The second-order valence-electron chi connectivity index (χ2n) is 9.99. The Hall–Kier alpha value is -3.58. The summed E-state index contributed by atoms with van der Waals surface area (Å²) in [6.07, 6.45) is 3.47. The van der Waals surface area contributed by atoms with Gasteiger partial charge >= 0.3 is 6.55 Å². The van der Waals surface area contributed by atoms with Gasteiger partial charge in [-0.1, -0.05) is 54.6 Å². The van der Waals surface area contributed by atoms with Gasteiger partial charge in [-0.05, 0) is 69.1 Å². The van der Waals surface area contributed by atoms with Crippen molar-refractivity contribution in [1.82, 2.24) is 14.7 Å². The number of allylic oxidation sites excluding steroid dienone is 2. The topological polar surface area (TPSA) is 24.3 Å². The highest BCUT2D eigenvalue weighted by Gasteiger charge is 2.30. The quantitative estimate of drug-likeness (QED) is 0.236. The SMILES string of the molecule is CC=C(C1CCN(Cc2cccc3c(-c4cccc(F)c4)nn(C)c23)CC1)N(c1ccccc1C)C(F)F. The molecule has 1 aromatic heterocycles. The number of piperidine rings is 1. The number of nitrogens with zero attached hydrogens (tertiary/aromatic N) is 4. The first-order valence-corrected chi connectivity index (χ1v) is 13.1. The molecule has 5 rings (SSSR count). The number of aryl methyl sites for hydroxylation is 2. The zero-order chi connectivity index (χ0) is 26.8. The van der Waals surface area contributed by atoms with Crippen LogP contribution in [0, 0.1) is 18.7 Å². The number of para-hydroxylation sites is 2. The van der Waals surface area contributed by atoms with Gasteiger partial charge in [0.05, 0.1) is 5.52 Å². The van der Waals surface area contributed by atoms with E-state index in [1.54, 1.807) is 12.1 Å². The molecule has 4 aromatic rings. The van der Waals surface area contributed by atoms with Crippen LogP contribution in [-0.4, -0.2) is 34.3 Å². The minimum Gasteiger partial charge on any atom is -0.299 e. The standard InChI is InChI=1S/C31H33F3N4/c1-4-27(38(31(33)34)28-14-6-5-9-21(28)2)22-15-17-37(18-16-22)20-24-11-8-13-26-29(35-36(3)30(24)26)23-10-7-12-25(32)19-23/h4-14,19,22,31H,15-18,20H2,1-3H3. The molecule has 1 aliphatic heterocycles. The van der Waals surface area contributed by atoms with E-state index in [2.05, 4.69) is 11.0 Å². The van der Waals surface area contributed by atoms with Gasteiger partial charge < -0.3 is 0 Å². The molecule has 0 amide bonds. The fourth-order valence-electron chi connectivity index (χ4n) is 5.78. The van der Waals surface area contributed by atoms with Gasteiger partial charge in [-0.3, -0.25) is 14.5 Å². The number of hydrogen-bond acceptors (Lipinski definition) is 3. The molecule has 0 atom stereocenters. The Kier molecular flexibility index (Phi) is 7.56. The summed E-state index contributed by atoms with van der Waals surface area (Å²) in [5.74, 6) is -0.217. The number of halogens is 3. The van der Waals surface area contributed by atoms with Crippen LogP contribution >= 0.6 is 0 Å². The van der Waals surface area contributed by atoms with Crippen LogP contribution in [0.1, 0.15) is 30.9 Å². The van der Waals surface area contributed by atoms with Crippen LogP contribution in [0.4, 0.5) is 18.9 Å². The van der Waals surface area contributed by atoms with Gasteiger partial charge in [0, 0.05) is 41.8 Å².